The van der Waals surface area contributed by atoms with Crippen LogP contribution in [0.25, 0.3) is 11.0 Å². The van der Waals surface area contributed by atoms with Gasteiger partial charge in [-0.15, -0.1) is 5.10 Å². The van der Waals surface area contributed by atoms with Crippen molar-refractivity contribution in [1.82, 2.24) is 15.0 Å². The smallest absolute Gasteiger partial charge is 0.136 e. The Morgan fingerprint density at radius 2 is 2.00 bits per heavy atom. The zero-order valence-electron chi connectivity index (χ0n) is 14.0. The Balaban J connectivity index is 1.84. The van der Waals surface area contributed by atoms with E-state index in [1.807, 2.05) is 22.9 Å². The third kappa shape index (κ3) is 3.70. The number of ether oxygens (including phenoxy) is 1. The average Bonchev–Trinajstić information content (AvgIpc) is 2.89. The molecule has 3 aromatic rings. The fourth-order valence-electron chi connectivity index (χ4n) is 2.47. The average molecular weight is 390 g/mol. The van der Waals surface area contributed by atoms with Crippen LogP contribution in [0.4, 0.5) is 0 Å². The Labute approximate surface area is 149 Å². The van der Waals surface area contributed by atoms with Gasteiger partial charge in [-0.2, -0.15) is 0 Å². The number of phenolic OH excluding ortho intramolecular Hbond substituents is 1. The van der Waals surface area contributed by atoms with Crippen LogP contribution in [0.5, 0.6) is 11.5 Å². The number of nitrogens with zero attached hydrogens (tertiary/aromatic N) is 3. The molecule has 0 amide bonds. The van der Waals surface area contributed by atoms with Gasteiger partial charge >= 0.3 is 0 Å². The van der Waals surface area contributed by atoms with Crippen molar-refractivity contribution in [3.8, 4) is 11.5 Å². The normalized spacial score (nSPS) is 11.8. The minimum atomic E-state index is 0.123. The fraction of sp³-hybridized carbons (Fsp3) is 0.333. The van der Waals surface area contributed by atoms with Gasteiger partial charge in [-0.1, -0.05) is 38.1 Å². The number of aromatic nitrogens is 3. The molecule has 0 aliphatic heterocycles. The molecule has 126 valence electrons. The van der Waals surface area contributed by atoms with Crippen LogP contribution in [0.2, 0.25) is 0 Å². The molecule has 3 rings (SSSR count). The number of hydrogen-bond acceptors (Lipinski definition) is 4. The Kier molecular flexibility index (Phi) is 4.49. The maximum absolute atomic E-state index is 9.52. The molecule has 0 unspecified atom stereocenters. The van der Waals surface area contributed by atoms with E-state index in [1.54, 1.807) is 18.2 Å². The van der Waals surface area contributed by atoms with Crippen molar-refractivity contribution in [2.24, 2.45) is 5.41 Å². The fourth-order valence-corrected chi connectivity index (χ4v) is 3.00. The van der Waals surface area contributed by atoms with E-state index in [-0.39, 0.29) is 11.2 Å². The molecule has 0 radical (unpaired) electrons. The van der Waals surface area contributed by atoms with Crippen LogP contribution in [0.3, 0.4) is 0 Å². The molecule has 0 saturated heterocycles. The van der Waals surface area contributed by atoms with E-state index >= 15 is 0 Å². The second kappa shape index (κ2) is 6.43. The summed E-state index contributed by atoms with van der Waals surface area (Å²) >= 11 is 3.57. The SMILES string of the molecule is CC(C)(C)Cn1nnc2c(Br)c(OCc3cccc(O)c3)ccc21. The van der Waals surface area contributed by atoms with Gasteiger partial charge < -0.3 is 9.84 Å². The van der Waals surface area contributed by atoms with Crippen molar-refractivity contribution < 1.29 is 9.84 Å². The highest BCUT2D eigenvalue weighted by atomic mass is 79.9. The minimum absolute atomic E-state index is 0.123. The lowest BCUT2D eigenvalue weighted by molar-refractivity contribution is 0.304. The predicted octanol–water partition coefficient (Wildman–Crippen LogP) is 4.52. The van der Waals surface area contributed by atoms with E-state index in [0.717, 1.165) is 27.6 Å². The summed E-state index contributed by atoms with van der Waals surface area (Å²) in [5, 5.41) is 18.1. The third-order valence-electron chi connectivity index (χ3n) is 3.52. The lowest BCUT2D eigenvalue weighted by Crippen LogP contribution is -2.16. The largest absolute Gasteiger partial charge is 0.508 e. The Morgan fingerprint density at radius 3 is 2.71 bits per heavy atom. The van der Waals surface area contributed by atoms with Gasteiger partial charge in [-0.3, -0.25) is 0 Å². The zero-order chi connectivity index (χ0) is 17.3. The van der Waals surface area contributed by atoms with Gasteiger partial charge in [0.05, 0.1) is 9.99 Å². The van der Waals surface area contributed by atoms with E-state index in [1.165, 1.54) is 0 Å². The number of benzene rings is 2. The summed E-state index contributed by atoms with van der Waals surface area (Å²) in [5.74, 6) is 0.935. The van der Waals surface area contributed by atoms with Crippen LogP contribution < -0.4 is 4.74 Å². The quantitative estimate of drug-likeness (QED) is 0.712. The summed E-state index contributed by atoms with van der Waals surface area (Å²) < 4.78 is 8.57. The molecule has 1 N–H and O–H groups in total. The molecule has 1 heterocycles. The number of phenols is 1. The highest BCUT2D eigenvalue weighted by Gasteiger charge is 2.17. The molecule has 0 atom stereocenters. The maximum atomic E-state index is 9.52. The summed E-state index contributed by atoms with van der Waals surface area (Å²) in [4.78, 5) is 0. The van der Waals surface area contributed by atoms with Crippen LogP contribution in [-0.2, 0) is 13.2 Å². The standard InChI is InChI=1S/C18H20BrN3O2/c1-18(2,3)11-22-14-7-8-15(16(19)17(14)20-21-22)24-10-12-5-4-6-13(23)9-12/h4-9,23H,10-11H2,1-3H3. The topological polar surface area (TPSA) is 60.2 Å². The number of halogens is 1. The van der Waals surface area contributed by atoms with Crippen LogP contribution in [0, 0.1) is 5.41 Å². The lowest BCUT2D eigenvalue weighted by atomic mass is 9.97. The first-order valence-corrected chi connectivity index (χ1v) is 8.55. The molecule has 0 fully saturated rings. The van der Waals surface area contributed by atoms with E-state index in [0.29, 0.717) is 12.4 Å². The second-order valence-electron chi connectivity index (χ2n) is 7.01. The van der Waals surface area contributed by atoms with E-state index in [9.17, 15) is 5.11 Å². The molecule has 6 heteroatoms. The number of hydrogen-bond donors (Lipinski definition) is 1. The molecule has 0 bridgehead atoms. The maximum Gasteiger partial charge on any atom is 0.136 e. The van der Waals surface area contributed by atoms with Gasteiger partial charge in [-0.05, 0) is 51.2 Å². The van der Waals surface area contributed by atoms with Crippen molar-refractivity contribution >= 4 is 27.0 Å². The molecular weight excluding hydrogens is 370 g/mol. The molecule has 24 heavy (non-hydrogen) atoms. The molecular formula is C18H20BrN3O2. The van der Waals surface area contributed by atoms with Gasteiger partial charge in [0.15, 0.2) is 0 Å². The van der Waals surface area contributed by atoms with Crippen LogP contribution in [-0.4, -0.2) is 20.1 Å². The second-order valence-corrected chi connectivity index (χ2v) is 7.80. The van der Waals surface area contributed by atoms with Crippen molar-refractivity contribution in [1.29, 1.82) is 0 Å². The molecule has 2 aromatic carbocycles. The third-order valence-corrected chi connectivity index (χ3v) is 4.29. The summed E-state index contributed by atoms with van der Waals surface area (Å²) in [5.41, 5.74) is 2.78. The summed E-state index contributed by atoms with van der Waals surface area (Å²) in [6.45, 7) is 7.67. The first-order chi connectivity index (χ1) is 11.3. The molecule has 1 aromatic heterocycles. The first kappa shape index (κ1) is 16.8. The molecule has 0 aliphatic carbocycles. The summed E-state index contributed by atoms with van der Waals surface area (Å²) in [6.07, 6.45) is 0. The van der Waals surface area contributed by atoms with Crippen molar-refractivity contribution in [3.05, 3.63) is 46.4 Å². The number of fused-ring (bicyclic) bond motifs is 1. The Bertz CT molecular complexity index is 868. The Morgan fingerprint density at radius 1 is 1.21 bits per heavy atom. The van der Waals surface area contributed by atoms with E-state index < -0.39 is 0 Å². The van der Waals surface area contributed by atoms with Gasteiger partial charge in [0, 0.05) is 6.54 Å². The summed E-state index contributed by atoms with van der Waals surface area (Å²) in [7, 11) is 0. The number of rotatable bonds is 4. The van der Waals surface area contributed by atoms with Crippen molar-refractivity contribution in [2.45, 2.75) is 33.9 Å². The minimum Gasteiger partial charge on any atom is -0.508 e. The highest BCUT2D eigenvalue weighted by Crippen LogP contribution is 2.33. The first-order valence-electron chi connectivity index (χ1n) is 7.76. The van der Waals surface area contributed by atoms with Crippen LogP contribution >= 0.6 is 15.9 Å². The van der Waals surface area contributed by atoms with Crippen LogP contribution in [0.15, 0.2) is 40.9 Å². The lowest BCUT2D eigenvalue weighted by Gasteiger charge is -2.18. The van der Waals surface area contributed by atoms with Gasteiger partial charge in [0.2, 0.25) is 0 Å². The molecule has 0 saturated carbocycles. The Hall–Kier alpha value is -2.08. The summed E-state index contributed by atoms with van der Waals surface area (Å²) in [6, 6.07) is 10.9. The van der Waals surface area contributed by atoms with E-state index in [2.05, 4.69) is 47.0 Å². The monoisotopic (exact) mass is 389 g/mol. The van der Waals surface area contributed by atoms with Gasteiger partial charge in [0.25, 0.3) is 0 Å². The van der Waals surface area contributed by atoms with Crippen LogP contribution in [0.1, 0.15) is 26.3 Å². The number of aromatic hydroxyl groups is 1. The molecule has 5 nitrogen and oxygen atoms in total. The molecule has 0 aliphatic rings. The van der Waals surface area contributed by atoms with Gasteiger partial charge in [0.1, 0.15) is 23.6 Å². The van der Waals surface area contributed by atoms with Gasteiger partial charge in [-0.25, -0.2) is 4.68 Å². The highest BCUT2D eigenvalue weighted by molar-refractivity contribution is 9.10. The van der Waals surface area contributed by atoms with Crippen molar-refractivity contribution in [2.75, 3.05) is 0 Å². The van der Waals surface area contributed by atoms with Crippen molar-refractivity contribution in [3.63, 3.8) is 0 Å². The van der Waals surface area contributed by atoms with E-state index in [4.69, 9.17) is 4.74 Å². The zero-order valence-corrected chi connectivity index (χ0v) is 15.5. The molecule has 0 spiro atoms. The predicted molar refractivity (Wildman–Crippen MR) is 97.1 cm³/mol.